The standard InChI is InChI=1S/C5H6.C4H8O.Na/c2*1-2-4-5-3-1;/h1-4H,5H2;1-4H2;. The molecular formula is C9H14NaO. The second-order valence-corrected chi connectivity index (χ2v) is 2.41. The Morgan fingerprint density at radius 2 is 1.45 bits per heavy atom. The van der Waals surface area contributed by atoms with Crippen molar-refractivity contribution in [2.45, 2.75) is 19.3 Å². The Morgan fingerprint density at radius 3 is 1.64 bits per heavy atom. The Bertz CT molecular complexity index is 108. The van der Waals surface area contributed by atoms with Crippen LogP contribution in [0, 0.1) is 0 Å². The summed E-state index contributed by atoms with van der Waals surface area (Å²) in [5.41, 5.74) is 0. The molecule has 1 aliphatic heterocycles. The van der Waals surface area contributed by atoms with Gasteiger partial charge in [0.2, 0.25) is 0 Å². The third-order valence-corrected chi connectivity index (χ3v) is 1.48. The molecule has 0 amide bonds. The first kappa shape index (κ1) is 11.4. The van der Waals surface area contributed by atoms with Gasteiger partial charge in [-0.15, -0.1) is 0 Å². The molecule has 1 heterocycles. The molecule has 0 N–H and O–H groups in total. The van der Waals surface area contributed by atoms with Crippen LogP contribution in [0.5, 0.6) is 0 Å². The third kappa shape index (κ3) is 6.82. The molecule has 0 unspecified atom stereocenters. The van der Waals surface area contributed by atoms with E-state index >= 15 is 0 Å². The van der Waals surface area contributed by atoms with Crippen LogP contribution >= 0.6 is 0 Å². The Hall–Kier alpha value is 0.440. The zero-order valence-electron chi connectivity index (χ0n) is 7.25. The van der Waals surface area contributed by atoms with Crippen molar-refractivity contribution in [1.29, 1.82) is 0 Å². The average Bonchev–Trinajstić information content (AvgIpc) is 2.67. The third-order valence-electron chi connectivity index (χ3n) is 1.48. The van der Waals surface area contributed by atoms with Gasteiger partial charge in [-0.1, -0.05) is 24.3 Å². The SMILES string of the molecule is C1=CCC=C1.C1CCOC1.[Na]. The van der Waals surface area contributed by atoms with Gasteiger partial charge in [-0.2, -0.15) is 0 Å². The second kappa shape index (κ2) is 8.54. The van der Waals surface area contributed by atoms with Gasteiger partial charge in [-0.3, -0.25) is 0 Å². The summed E-state index contributed by atoms with van der Waals surface area (Å²) in [4.78, 5) is 0. The fourth-order valence-corrected chi connectivity index (χ4v) is 0.903. The monoisotopic (exact) mass is 161 g/mol. The molecule has 1 saturated heterocycles. The predicted molar refractivity (Wildman–Crippen MR) is 48.7 cm³/mol. The maximum atomic E-state index is 4.94. The van der Waals surface area contributed by atoms with E-state index in [0.29, 0.717) is 0 Å². The van der Waals surface area contributed by atoms with Gasteiger partial charge < -0.3 is 4.74 Å². The minimum atomic E-state index is 0. The zero-order chi connectivity index (χ0) is 7.07. The zero-order valence-corrected chi connectivity index (χ0v) is 9.25. The molecule has 1 radical (unpaired) electrons. The Balaban J connectivity index is 0.000000167. The summed E-state index contributed by atoms with van der Waals surface area (Å²) in [6, 6.07) is 0. The molecule has 1 aliphatic carbocycles. The van der Waals surface area contributed by atoms with Crippen LogP contribution in [-0.2, 0) is 4.74 Å². The van der Waals surface area contributed by atoms with Crippen LogP contribution in [0.4, 0.5) is 0 Å². The van der Waals surface area contributed by atoms with E-state index in [2.05, 4.69) is 24.3 Å². The molecule has 1 nitrogen and oxygen atoms in total. The van der Waals surface area contributed by atoms with Crippen LogP contribution in [0.3, 0.4) is 0 Å². The smallest absolute Gasteiger partial charge is 0.0466 e. The minimum Gasteiger partial charge on any atom is -0.381 e. The van der Waals surface area contributed by atoms with Gasteiger partial charge in [0.05, 0.1) is 0 Å². The summed E-state index contributed by atoms with van der Waals surface area (Å²) in [5, 5.41) is 0. The maximum Gasteiger partial charge on any atom is 0.0466 e. The van der Waals surface area contributed by atoms with E-state index in [-0.39, 0.29) is 29.6 Å². The largest absolute Gasteiger partial charge is 0.381 e. The number of hydrogen-bond acceptors (Lipinski definition) is 1. The molecule has 0 saturated carbocycles. The number of allylic oxidation sites excluding steroid dienone is 4. The molecule has 2 rings (SSSR count). The minimum absolute atomic E-state index is 0. The van der Waals surface area contributed by atoms with Crippen molar-refractivity contribution in [3.63, 3.8) is 0 Å². The molecule has 57 valence electrons. The van der Waals surface area contributed by atoms with Crippen molar-refractivity contribution in [2.75, 3.05) is 13.2 Å². The van der Waals surface area contributed by atoms with Gasteiger partial charge >= 0.3 is 0 Å². The summed E-state index contributed by atoms with van der Waals surface area (Å²) in [5.74, 6) is 0. The van der Waals surface area contributed by atoms with Crippen LogP contribution < -0.4 is 0 Å². The molecule has 2 aliphatic rings. The van der Waals surface area contributed by atoms with Crippen LogP contribution in [0.1, 0.15) is 19.3 Å². The van der Waals surface area contributed by atoms with E-state index in [4.69, 9.17) is 4.74 Å². The fraction of sp³-hybridized carbons (Fsp3) is 0.556. The summed E-state index contributed by atoms with van der Waals surface area (Å²) in [6.07, 6.45) is 12.1. The van der Waals surface area contributed by atoms with E-state index in [9.17, 15) is 0 Å². The Kier molecular flexibility index (Phi) is 8.88. The molecule has 11 heavy (non-hydrogen) atoms. The molecule has 0 bridgehead atoms. The summed E-state index contributed by atoms with van der Waals surface area (Å²) in [7, 11) is 0. The van der Waals surface area contributed by atoms with Crippen LogP contribution in [0.25, 0.3) is 0 Å². The molecule has 0 spiro atoms. The molecular weight excluding hydrogens is 147 g/mol. The van der Waals surface area contributed by atoms with Crippen molar-refractivity contribution in [3.05, 3.63) is 24.3 Å². The Labute approximate surface area is 90.8 Å². The van der Waals surface area contributed by atoms with Crippen LogP contribution in [0.2, 0.25) is 0 Å². The van der Waals surface area contributed by atoms with Gasteiger partial charge in [0.25, 0.3) is 0 Å². The topological polar surface area (TPSA) is 9.23 Å². The van der Waals surface area contributed by atoms with Gasteiger partial charge in [0, 0.05) is 42.8 Å². The van der Waals surface area contributed by atoms with Gasteiger partial charge in [0.15, 0.2) is 0 Å². The first-order valence-corrected chi connectivity index (χ1v) is 3.89. The van der Waals surface area contributed by atoms with E-state index in [0.717, 1.165) is 19.6 Å². The van der Waals surface area contributed by atoms with E-state index in [1.54, 1.807) is 0 Å². The molecule has 2 heteroatoms. The van der Waals surface area contributed by atoms with Crippen LogP contribution in [-0.4, -0.2) is 42.8 Å². The maximum absolute atomic E-state index is 4.94. The van der Waals surface area contributed by atoms with Crippen molar-refractivity contribution in [3.8, 4) is 0 Å². The van der Waals surface area contributed by atoms with E-state index in [1.165, 1.54) is 12.8 Å². The van der Waals surface area contributed by atoms with E-state index < -0.39 is 0 Å². The van der Waals surface area contributed by atoms with Crippen molar-refractivity contribution in [2.24, 2.45) is 0 Å². The molecule has 0 aromatic rings. The first-order chi connectivity index (χ1) is 5.00. The summed E-state index contributed by atoms with van der Waals surface area (Å²) >= 11 is 0. The fourth-order valence-electron chi connectivity index (χ4n) is 0.903. The first-order valence-electron chi connectivity index (χ1n) is 3.89. The summed E-state index contributed by atoms with van der Waals surface area (Å²) in [6.45, 7) is 2.00. The number of rotatable bonds is 0. The van der Waals surface area contributed by atoms with Crippen molar-refractivity contribution in [1.82, 2.24) is 0 Å². The quantitative estimate of drug-likeness (QED) is 0.493. The normalized spacial score (nSPS) is 18.9. The van der Waals surface area contributed by atoms with Gasteiger partial charge in [-0.05, 0) is 19.3 Å². The number of ether oxygens (including phenoxy) is 1. The van der Waals surface area contributed by atoms with Gasteiger partial charge in [0.1, 0.15) is 0 Å². The van der Waals surface area contributed by atoms with Crippen LogP contribution in [0.15, 0.2) is 24.3 Å². The van der Waals surface area contributed by atoms with Crippen molar-refractivity contribution >= 4 is 29.6 Å². The summed E-state index contributed by atoms with van der Waals surface area (Å²) < 4.78 is 4.94. The van der Waals surface area contributed by atoms with E-state index in [1.807, 2.05) is 0 Å². The predicted octanol–water partition coefficient (Wildman–Crippen LogP) is 1.92. The molecule has 0 aromatic heterocycles. The second-order valence-electron chi connectivity index (χ2n) is 2.41. The van der Waals surface area contributed by atoms with Gasteiger partial charge in [-0.25, -0.2) is 0 Å². The Morgan fingerprint density at radius 1 is 0.909 bits per heavy atom. The number of hydrogen-bond donors (Lipinski definition) is 0. The molecule has 0 atom stereocenters. The molecule has 1 fully saturated rings. The average molecular weight is 161 g/mol. The van der Waals surface area contributed by atoms with Crippen molar-refractivity contribution < 1.29 is 4.74 Å². The molecule has 0 aromatic carbocycles.